The van der Waals surface area contributed by atoms with Gasteiger partial charge in [-0.05, 0) is 13.8 Å². The number of hydrogen-bond donors (Lipinski definition) is 1. The van der Waals surface area contributed by atoms with Crippen molar-refractivity contribution in [2.24, 2.45) is 7.05 Å². The van der Waals surface area contributed by atoms with Crippen LogP contribution < -0.4 is 9.46 Å². The molecule has 23 heavy (non-hydrogen) atoms. The fourth-order valence-electron chi connectivity index (χ4n) is 1.96. The number of methoxy groups -OCH3 is 1. The third-order valence-corrected chi connectivity index (χ3v) is 4.81. The van der Waals surface area contributed by atoms with E-state index in [1.807, 2.05) is 0 Å². The molecule has 2 rings (SSSR count). The van der Waals surface area contributed by atoms with Crippen molar-refractivity contribution in [3.63, 3.8) is 0 Å². The Bertz CT molecular complexity index is 834. The molecule has 0 aliphatic carbocycles. The maximum atomic E-state index is 13.4. The van der Waals surface area contributed by atoms with E-state index in [-0.39, 0.29) is 5.75 Å². The molecule has 0 atom stereocenters. The number of nitrogens with zero attached hydrogens (tertiary/aromatic N) is 3. The number of benzene rings is 1. The van der Waals surface area contributed by atoms with Gasteiger partial charge in [-0.15, -0.1) is 5.10 Å². The molecule has 1 aromatic heterocycles. The minimum absolute atomic E-state index is 0.300. The Balaban J connectivity index is 2.45. The van der Waals surface area contributed by atoms with Crippen LogP contribution in [0.3, 0.4) is 0 Å². The van der Waals surface area contributed by atoms with E-state index in [0.717, 1.165) is 0 Å². The third kappa shape index (κ3) is 3.48. The number of sulfonamides is 1. The van der Waals surface area contributed by atoms with Gasteiger partial charge in [0.05, 0.1) is 18.8 Å². The molecule has 1 N–H and O–H groups in total. The van der Waals surface area contributed by atoms with Crippen molar-refractivity contribution < 1.29 is 21.9 Å². The first-order valence-electron chi connectivity index (χ1n) is 6.50. The van der Waals surface area contributed by atoms with Gasteiger partial charge in [-0.1, -0.05) is 5.21 Å². The summed E-state index contributed by atoms with van der Waals surface area (Å²) in [5.41, 5.74) is -0.756. The fraction of sp³-hybridized carbons (Fsp3) is 0.385. The van der Waals surface area contributed by atoms with Crippen LogP contribution in [0.25, 0.3) is 0 Å². The van der Waals surface area contributed by atoms with E-state index in [0.29, 0.717) is 17.8 Å². The molecule has 0 aliphatic heterocycles. The molecule has 7 nitrogen and oxygen atoms in total. The van der Waals surface area contributed by atoms with Gasteiger partial charge in [0.15, 0.2) is 11.6 Å². The molecule has 1 heterocycles. The zero-order chi connectivity index (χ0) is 17.4. The standard InChI is InChI=1S/C13H16F2N4O3S/c1-13(2,12-7-19(3)18-16-12)17-23(20,21)11-6-9(15)8(14)5-10(11)22-4/h5-7,17H,1-4H3. The SMILES string of the molecule is COc1cc(F)c(F)cc1S(=O)(=O)NC(C)(C)c1cn(C)nn1. The molecule has 0 spiro atoms. The molecule has 0 amide bonds. The average Bonchev–Trinajstić information content (AvgIpc) is 2.87. The molecule has 0 unspecified atom stereocenters. The highest BCUT2D eigenvalue weighted by molar-refractivity contribution is 7.89. The van der Waals surface area contributed by atoms with Crippen LogP contribution in [0.15, 0.2) is 23.2 Å². The van der Waals surface area contributed by atoms with Gasteiger partial charge in [0.2, 0.25) is 10.0 Å². The molecule has 0 saturated heterocycles. The van der Waals surface area contributed by atoms with Gasteiger partial charge in [-0.2, -0.15) is 4.72 Å². The summed E-state index contributed by atoms with van der Waals surface area (Å²) in [5, 5.41) is 7.60. The number of hydrogen-bond acceptors (Lipinski definition) is 5. The number of ether oxygens (including phenoxy) is 1. The summed E-state index contributed by atoms with van der Waals surface area (Å²) >= 11 is 0. The highest BCUT2D eigenvalue weighted by Gasteiger charge is 2.32. The lowest BCUT2D eigenvalue weighted by molar-refractivity contribution is 0.390. The molecule has 0 bridgehead atoms. The van der Waals surface area contributed by atoms with Crippen LogP contribution in [0, 0.1) is 11.6 Å². The van der Waals surface area contributed by atoms with Gasteiger partial charge >= 0.3 is 0 Å². The lowest BCUT2D eigenvalue weighted by Gasteiger charge is -2.24. The molecular formula is C13H16F2N4O3S. The monoisotopic (exact) mass is 346 g/mol. The van der Waals surface area contributed by atoms with Gasteiger partial charge in [0.25, 0.3) is 0 Å². The summed E-state index contributed by atoms with van der Waals surface area (Å²) in [6.45, 7) is 3.14. The van der Waals surface area contributed by atoms with Gasteiger partial charge < -0.3 is 4.74 Å². The summed E-state index contributed by atoms with van der Waals surface area (Å²) in [5.74, 6) is -2.79. The molecule has 0 radical (unpaired) electrons. The second-order valence-electron chi connectivity index (χ2n) is 5.43. The van der Waals surface area contributed by atoms with E-state index >= 15 is 0 Å². The Kier molecular flexibility index (Phi) is 4.40. The summed E-state index contributed by atoms with van der Waals surface area (Å²) in [4.78, 5) is -0.504. The van der Waals surface area contributed by atoms with E-state index < -0.39 is 32.1 Å². The molecular weight excluding hydrogens is 330 g/mol. The van der Waals surface area contributed by atoms with Crippen LogP contribution in [0.5, 0.6) is 5.75 Å². The van der Waals surface area contributed by atoms with E-state index in [2.05, 4.69) is 15.0 Å². The first kappa shape index (κ1) is 17.3. The maximum absolute atomic E-state index is 13.4. The lowest BCUT2D eigenvalue weighted by Crippen LogP contribution is -2.41. The Morgan fingerprint density at radius 3 is 2.39 bits per heavy atom. The zero-order valence-electron chi connectivity index (χ0n) is 13.0. The van der Waals surface area contributed by atoms with Crippen molar-refractivity contribution in [3.8, 4) is 5.75 Å². The number of rotatable bonds is 5. The van der Waals surface area contributed by atoms with Crippen LogP contribution in [-0.4, -0.2) is 30.5 Å². The van der Waals surface area contributed by atoms with E-state index in [1.165, 1.54) is 11.8 Å². The van der Waals surface area contributed by atoms with Crippen molar-refractivity contribution in [1.82, 2.24) is 19.7 Å². The number of aryl methyl sites for hydroxylation is 1. The highest BCUT2D eigenvalue weighted by atomic mass is 32.2. The normalized spacial score (nSPS) is 12.4. The van der Waals surface area contributed by atoms with E-state index in [9.17, 15) is 17.2 Å². The van der Waals surface area contributed by atoms with Gasteiger partial charge in [-0.3, -0.25) is 4.68 Å². The third-order valence-electron chi connectivity index (χ3n) is 3.13. The van der Waals surface area contributed by atoms with Crippen molar-refractivity contribution in [1.29, 1.82) is 0 Å². The minimum atomic E-state index is -4.20. The molecule has 10 heteroatoms. The van der Waals surface area contributed by atoms with Crippen molar-refractivity contribution >= 4 is 10.0 Å². The molecule has 126 valence electrons. The summed E-state index contributed by atoms with van der Waals surface area (Å²) in [6.07, 6.45) is 1.55. The first-order valence-corrected chi connectivity index (χ1v) is 7.99. The Morgan fingerprint density at radius 1 is 1.26 bits per heavy atom. The van der Waals surface area contributed by atoms with Gasteiger partial charge in [-0.25, -0.2) is 17.2 Å². The molecule has 0 fully saturated rings. The summed E-state index contributed by atoms with van der Waals surface area (Å²) in [7, 11) is -1.39. The number of halogens is 2. The minimum Gasteiger partial charge on any atom is -0.495 e. The number of nitrogens with one attached hydrogen (secondary N) is 1. The average molecular weight is 346 g/mol. The highest BCUT2D eigenvalue weighted by Crippen LogP contribution is 2.29. The molecule has 0 aliphatic rings. The maximum Gasteiger partial charge on any atom is 0.245 e. The van der Waals surface area contributed by atoms with Crippen molar-refractivity contribution in [2.45, 2.75) is 24.3 Å². The van der Waals surface area contributed by atoms with Crippen LogP contribution in [0.4, 0.5) is 8.78 Å². The van der Waals surface area contributed by atoms with Crippen LogP contribution in [0.1, 0.15) is 19.5 Å². The second kappa shape index (κ2) is 5.85. The van der Waals surface area contributed by atoms with E-state index in [1.54, 1.807) is 27.1 Å². The topological polar surface area (TPSA) is 86.1 Å². The first-order chi connectivity index (χ1) is 10.6. The molecule has 1 aromatic carbocycles. The summed E-state index contributed by atoms with van der Waals surface area (Å²) < 4.78 is 60.4. The Labute approximate surface area is 132 Å². The molecule has 0 saturated carbocycles. The van der Waals surface area contributed by atoms with E-state index in [4.69, 9.17) is 4.74 Å². The van der Waals surface area contributed by atoms with Crippen molar-refractivity contribution in [3.05, 3.63) is 35.7 Å². The summed E-state index contributed by atoms with van der Waals surface area (Å²) in [6, 6.07) is 1.25. The fourth-order valence-corrected chi connectivity index (χ4v) is 3.51. The smallest absolute Gasteiger partial charge is 0.245 e. The second-order valence-corrected chi connectivity index (χ2v) is 7.08. The predicted molar refractivity (Wildman–Crippen MR) is 77.3 cm³/mol. The van der Waals surface area contributed by atoms with Crippen LogP contribution in [-0.2, 0) is 22.6 Å². The van der Waals surface area contributed by atoms with Crippen LogP contribution in [0.2, 0.25) is 0 Å². The predicted octanol–water partition coefficient (Wildman–Crippen LogP) is 1.32. The largest absolute Gasteiger partial charge is 0.495 e. The quantitative estimate of drug-likeness (QED) is 0.882. The Morgan fingerprint density at radius 2 is 1.87 bits per heavy atom. The Hall–Kier alpha value is -2.07. The number of aromatic nitrogens is 3. The lowest BCUT2D eigenvalue weighted by atomic mass is 10.0. The van der Waals surface area contributed by atoms with Gasteiger partial charge in [0.1, 0.15) is 16.3 Å². The molecule has 2 aromatic rings. The zero-order valence-corrected chi connectivity index (χ0v) is 13.8. The van der Waals surface area contributed by atoms with Crippen molar-refractivity contribution in [2.75, 3.05) is 7.11 Å². The van der Waals surface area contributed by atoms with Crippen LogP contribution >= 0.6 is 0 Å². The van der Waals surface area contributed by atoms with Gasteiger partial charge in [0, 0.05) is 19.2 Å².